The Balaban J connectivity index is 1.68. The van der Waals surface area contributed by atoms with Crippen molar-refractivity contribution in [2.75, 3.05) is 0 Å². The van der Waals surface area contributed by atoms with Crippen molar-refractivity contribution in [1.82, 2.24) is 15.2 Å². The number of hydrogen-bond donors (Lipinski definition) is 2. The van der Waals surface area contributed by atoms with Crippen LogP contribution >= 0.6 is 23.4 Å². The molecule has 2 aromatic heterocycles. The smallest absolute Gasteiger partial charge is 0.341 e. The number of benzene rings is 2. The van der Waals surface area contributed by atoms with Crippen molar-refractivity contribution in [1.29, 1.82) is 0 Å². The summed E-state index contributed by atoms with van der Waals surface area (Å²) in [7, 11) is 0. The number of H-pyrrole nitrogens is 1. The highest BCUT2D eigenvalue weighted by atomic mass is 35.5. The number of aromatic carboxylic acids is 1. The van der Waals surface area contributed by atoms with Gasteiger partial charge in [0.05, 0.1) is 10.4 Å². The van der Waals surface area contributed by atoms with E-state index < -0.39 is 22.8 Å². The lowest BCUT2D eigenvalue weighted by Gasteiger charge is -2.04. The molecule has 0 bridgehead atoms. The van der Waals surface area contributed by atoms with E-state index in [1.54, 1.807) is 24.3 Å². The van der Waals surface area contributed by atoms with Crippen molar-refractivity contribution in [3.63, 3.8) is 0 Å². The maximum absolute atomic E-state index is 14.5. The quantitative estimate of drug-likeness (QED) is 0.511. The van der Waals surface area contributed by atoms with Gasteiger partial charge in [-0.3, -0.25) is 4.79 Å². The molecule has 0 saturated carbocycles. The molecule has 0 fully saturated rings. The lowest BCUT2D eigenvalue weighted by atomic mass is 10.1. The van der Waals surface area contributed by atoms with Crippen molar-refractivity contribution in [2.45, 2.75) is 10.1 Å². The predicted molar refractivity (Wildman–Crippen MR) is 100 cm³/mol. The Morgan fingerprint density at radius 3 is 2.68 bits per heavy atom. The predicted octanol–water partition coefficient (Wildman–Crippen LogP) is 4.22. The van der Waals surface area contributed by atoms with E-state index in [2.05, 4.69) is 15.2 Å². The summed E-state index contributed by atoms with van der Waals surface area (Å²) in [5, 5.41) is 17.4. The van der Waals surface area contributed by atoms with Crippen LogP contribution in [0.5, 0.6) is 0 Å². The Labute approximate surface area is 165 Å². The van der Waals surface area contributed by atoms with Gasteiger partial charge in [-0.15, -0.1) is 10.2 Å². The minimum Gasteiger partial charge on any atom is -0.477 e. The minimum atomic E-state index is -1.39. The van der Waals surface area contributed by atoms with Crippen molar-refractivity contribution in [3.8, 4) is 11.5 Å². The molecular weight excluding hydrogens is 409 g/mol. The molecule has 0 spiro atoms. The third-order valence-electron chi connectivity index (χ3n) is 3.86. The highest BCUT2D eigenvalue weighted by Gasteiger charge is 2.17. The van der Waals surface area contributed by atoms with Crippen LogP contribution in [0.15, 0.2) is 61.9 Å². The van der Waals surface area contributed by atoms with Crippen LogP contribution in [0, 0.1) is 5.82 Å². The second kappa shape index (κ2) is 7.10. The van der Waals surface area contributed by atoms with Crippen LogP contribution in [0.25, 0.3) is 22.4 Å². The zero-order valence-electron chi connectivity index (χ0n) is 13.8. The highest BCUT2D eigenvalue weighted by Crippen LogP contribution is 2.32. The number of halogens is 2. The van der Waals surface area contributed by atoms with Crippen LogP contribution in [0.4, 0.5) is 4.39 Å². The number of nitrogens with one attached hydrogen (secondary N) is 1. The molecule has 10 heteroatoms. The van der Waals surface area contributed by atoms with Gasteiger partial charge in [-0.25, -0.2) is 9.18 Å². The van der Waals surface area contributed by atoms with Gasteiger partial charge < -0.3 is 14.5 Å². The molecule has 0 aliphatic rings. The topological polar surface area (TPSA) is 109 Å². The van der Waals surface area contributed by atoms with Gasteiger partial charge in [0, 0.05) is 22.2 Å². The molecule has 2 aromatic carbocycles. The zero-order valence-corrected chi connectivity index (χ0v) is 15.3. The second-order valence-electron chi connectivity index (χ2n) is 5.65. The third kappa shape index (κ3) is 3.37. The zero-order chi connectivity index (χ0) is 19.8. The summed E-state index contributed by atoms with van der Waals surface area (Å²) in [5.41, 5.74) is -0.277. The van der Waals surface area contributed by atoms with Crippen molar-refractivity contribution >= 4 is 40.2 Å². The average molecular weight is 418 g/mol. The van der Waals surface area contributed by atoms with Gasteiger partial charge in [0.15, 0.2) is 0 Å². The Morgan fingerprint density at radius 1 is 1.21 bits per heavy atom. The van der Waals surface area contributed by atoms with Crippen molar-refractivity contribution in [2.24, 2.45) is 0 Å². The molecule has 0 radical (unpaired) electrons. The summed E-state index contributed by atoms with van der Waals surface area (Å²) in [6.45, 7) is 0. The SMILES string of the molecule is O=C(O)c1c[nH]c2cc(Sc3nnc(-c4ccc(Cl)cc4)o3)c(F)cc2c1=O. The third-order valence-corrected chi connectivity index (χ3v) is 4.98. The summed E-state index contributed by atoms with van der Waals surface area (Å²) in [4.78, 5) is 26.0. The number of nitrogens with zero attached hydrogens (tertiary/aromatic N) is 2. The molecule has 2 heterocycles. The van der Waals surface area contributed by atoms with Gasteiger partial charge in [-0.05, 0) is 48.2 Å². The summed E-state index contributed by atoms with van der Waals surface area (Å²) in [6, 6.07) is 9.16. The Hall–Kier alpha value is -3.17. The Bertz CT molecular complexity index is 1270. The van der Waals surface area contributed by atoms with E-state index in [0.717, 1.165) is 24.0 Å². The molecule has 0 unspecified atom stereocenters. The van der Waals surface area contributed by atoms with E-state index in [1.165, 1.54) is 6.07 Å². The number of fused-ring (bicyclic) bond motifs is 1. The number of aromatic nitrogens is 3. The summed E-state index contributed by atoms with van der Waals surface area (Å²) < 4.78 is 20.0. The molecule has 2 N–H and O–H groups in total. The van der Waals surface area contributed by atoms with Crippen molar-refractivity contribution < 1.29 is 18.7 Å². The number of carboxylic acids is 1. The molecule has 4 aromatic rings. The number of carboxylic acid groups (broad SMARTS) is 1. The lowest BCUT2D eigenvalue weighted by Crippen LogP contribution is -2.15. The van der Waals surface area contributed by atoms with Crippen LogP contribution in [-0.4, -0.2) is 26.3 Å². The lowest BCUT2D eigenvalue weighted by molar-refractivity contribution is 0.0695. The van der Waals surface area contributed by atoms with E-state index in [9.17, 15) is 14.0 Å². The molecule has 0 saturated heterocycles. The minimum absolute atomic E-state index is 0.0610. The van der Waals surface area contributed by atoms with Gasteiger partial charge in [0.1, 0.15) is 11.4 Å². The average Bonchev–Trinajstić information content (AvgIpc) is 3.12. The number of carbonyl (C=O) groups is 1. The Morgan fingerprint density at radius 2 is 1.96 bits per heavy atom. The van der Waals surface area contributed by atoms with Crippen LogP contribution < -0.4 is 5.43 Å². The first-order chi connectivity index (χ1) is 13.4. The molecule has 140 valence electrons. The Kier molecular flexibility index (Phi) is 4.62. The first kappa shape index (κ1) is 18.2. The first-order valence-electron chi connectivity index (χ1n) is 7.78. The molecular formula is C18H9ClFN3O4S. The van der Waals surface area contributed by atoms with Gasteiger partial charge in [0.2, 0.25) is 11.3 Å². The van der Waals surface area contributed by atoms with Gasteiger partial charge in [0.25, 0.3) is 5.22 Å². The number of hydrogen-bond acceptors (Lipinski definition) is 6. The van der Waals surface area contributed by atoms with E-state index >= 15 is 0 Å². The summed E-state index contributed by atoms with van der Waals surface area (Å²) in [6.07, 6.45) is 1.07. The molecule has 4 rings (SSSR count). The molecule has 0 aliphatic heterocycles. The number of aromatic amines is 1. The van der Waals surface area contributed by atoms with Crippen LogP contribution in [0.3, 0.4) is 0 Å². The number of pyridine rings is 1. The van der Waals surface area contributed by atoms with Gasteiger partial charge >= 0.3 is 5.97 Å². The van der Waals surface area contributed by atoms with E-state index in [0.29, 0.717) is 10.6 Å². The molecule has 0 amide bonds. The van der Waals surface area contributed by atoms with Crippen LogP contribution in [-0.2, 0) is 0 Å². The molecule has 0 atom stereocenters. The maximum atomic E-state index is 14.5. The largest absolute Gasteiger partial charge is 0.477 e. The standard InChI is InChI=1S/C18H9ClFN3O4S/c19-9-3-1-8(2-4-9)16-22-23-18(27-16)28-14-6-13-10(5-12(14)20)15(24)11(7-21-13)17(25)26/h1-7H,(H,21,24)(H,25,26). The van der Waals surface area contributed by atoms with Crippen LogP contribution in [0.1, 0.15) is 10.4 Å². The number of rotatable bonds is 4. The fraction of sp³-hybridized carbons (Fsp3) is 0. The van der Waals surface area contributed by atoms with Gasteiger partial charge in [-0.2, -0.15) is 0 Å². The normalized spacial score (nSPS) is 11.1. The molecule has 28 heavy (non-hydrogen) atoms. The summed E-state index contributed by atoms with van der Waals surface area (Å²) in [5.74, 6) is -1.85. The highest BCUT2D eigenvalue weighted by molar-refractivity contribution is 7.99. The second-order valence-corrected chi connectivity index (χ2v) is 7.08. The summed E-state index contributed by atoms with van der Waals surface area (Å²) >= 11 is 6.73. The maximum Gasteiger partial charge on any atom is 0.341 e. The fourth-order valence-electron chi connectivity index (χ4n) is 2.51. The fourth-order valence-corrected chi connectivity index (χ4v) is 3.36. The van der Waals surface area contributed by atoms with Crippen LogP contribution in [0.2, 0.25) is 5.02 Å². The molecule has 7 nitrogen and oxygen atoms in total. The van der Waals surface area contributed by atoms with Crippen molar-refractivity contribution in [3.05, 3.63) is 69.2 Å². The van der Waals surface area contributed by atoms with E-state index in [-0.39, 0.29) is 26.9 Å². The molecule has 0 aliphatic carbocycles. The first-order valence-corrected chi connectivity index (χ1v) is 8.97. The monoisotopic (exact) mass is 417 g/mol. The van der Waals surface area contributed by atoms with Gasteiger partial charge in [-0.1, -0.05) is 11.6 Å². The van der Waals surface area contributed by atoms with E-state index in [4.69, 9.17) is 21.1 Å². The van der Waals surface area contributed by atoms with E-state index in [1.807, 2.05) is 0 Å².